The monoisotopic (exact) mass is 399 g/mol. The second-order valence-corrected chi connectivity index (χ2v) is 7.76. The van der Waals surface area contributed by atoms with Crippen LogP contribution >= 0.6 is 23.4 Å². The number of nitrogens with zero attached hydrogens (tertiary/aromatic N) is 4. The molecule has 1 N–H and O–H groups in total. The van der Waals surface area contributed by atoms with Gasteiger partial charge in [-0.15, -0.1) is 10.2 Å². The summed E-state index contributed by atoms with van der Waals surface area (Å²) in [5, 5.41) is 12.8. The molecule has 0 unspecified atom stereocenters. The molecule has 0 bridgehead atoms. The number of halogens is 1. The third-order valence-electron chi connectivity index (χ3n) is 4.20. The van der Waals surface area contributed by atoms with Crippen molar-refractivity contribution in [3.63, 3.8) is 0 Å². The number of anilines is 1. The van der Waals surface area contributed by atoms with Gasteiger partial charge < -0.3 is 9.88 Å². The van der Waals surface area contributed by atoms with Gasteiger partial charge in [-0.3, -0.25) is 4.79 Å². The number of hydrogen-bond acceptors (Lipinski definition) is 5. The van der Waals surface area contributed by atoms with Gasteiger partial charge in [-0.1, -0.05) is 53.7 Å². The largest absolute Gasteiger partial charge is 0.310 e. The van der Waals surface area contributed by atoms with Crippen molar-refractivity contribution in [2.24, 2.45) is 0 Å². The molecule has 8 heteroatoms. The van der Waals surface area contributed by atoms with Crippen LogP contribution in [0.25, 0.3) is 0 Å². The number of hydrogen-bond donors (Lipinski definition) is 1. The van der Waals surface area contributed by atoms with Crippen molar-refractivity contribution in [1.82, 2.24) is 19.7 Å². The summed E-state index contributed by atoms with van der Waals surface area (Å²) in [4.78, 5) is 16.3. The third kappa shape index (κ3) is 4.67. The first-order chi connectivity index (χ1) is 13.2. The van der Waals surface area contributed by atoms with Crippen molar-refractivity contribution in [3.05, 3.63) is 65.1 Å². The van der Waals surface area contributed by atoms with Crippen molar-refractivity contribution in [3.8, 4) is 0 Å². The van der Waals surface area contributed by atoms with E-state index in [0.29, 0.717) is 23.3 Å². The lowest BCUT2D eigenvalue weighted by atomic mass is 10.2. The highest BCUT2D eigenvalue weighted by Crippen LogP contribution is 2.40. The van der Waals surface area contributed by atoms with Gasteiger partial charge in [0.15, 0.2) is 5.16 Å². The first-order valence-corrected chi connectivity index (χ1v) is 10.1. The second kappa shape index (κ2) is 8.10. The number of amides is 1. The van der Waals surface area contributed by atoms with Gasteiger partial charge in [0.05, 0.1) is 17.3 Å². The van der Waals surface area contributed by atoms with E-state index in [1.807, 2.05) is 18.2 Å². The van der Waals surface area contributed by atoms with Gasteiger partial charge in [0.2, 0.25) is 5.91 Å². The molecule has 1 fully saturated rings. The molecule has 3 aromatic rings. The highest BCUT2D eigenvalue weighted by molar-refractivity contribution is 7.99. The first kappa shape index (κ1) is 18.0. The summed E-state index contributed by atoms with van der Waals surface area (Å²) < 4.78 is 2.13. The molecular formula is C19H18ClN5OS. The number of carbonyl (C=O) groups is 1. The molecule has 1 aliphatic carbocycles. The molecule has 0 spiro atoms. The second-order valence-electron chi connectivity index (χ2n) is 6.39. The Morgan fingerprint density at radius 1 is 1.19 bits per heavy atom. The van der Waals surface area contributed by atoms with Crippen LogP contribution < -0.4 is 5.32 Å². The van der Waals surface area contributed by atoms with E-state index in [9.17, 15) is 4.79 Å². The lowest BCUT2D eigenvalue weighted by Gasteiger charge is -2.10. The topological polar surface area (TPSA) is 72.7 Å². The summed E-state index contributed by atoms with van der Waals surface area (Å²) >= 11 is 7.20. The standard InChI is InChI=1S/C19H18ClN5OS/c20-15-8-9-16(21-10-15)22-17(26)12-27-19-24-23-18(14-6-7-14)25(19)11-13-4-2-1-3-5-13/h1-5,8-10,14H,6-7,11-12H2,(H,21,22,26). The molecule has 0 radical (unpaired) electrons. The van der Waals surface area contributed by atoms with Crippen molar-refractivity contribution >= 4 is 35.1 Å². The van der Waals surface area contributed by atoms with Crippen LogP contribution in [0.3, 0.4) is 0 Å². The number of aromatic nitrogens is 4. The number of rotatable bonds is 7. The van der Waals surface area contributed by atoms with E-state index in [4.69, 9.17) is 11.6 Å². The molecule has 1 aliphatic rings. The Morgan fingerprint density at radius 2 is 2.00 bits per heavy atom. The van der Waals surface area contributed by atoms with Crippen LogP contribution in [-0.2, 0) is 11.3 Å². The molecule has 27 heavy (non-hydrogen) atoms. The zero-order chi connectivity index (χ0) is 18.6. The number of carbonyl (C=O) groups excluding carboxylic acids is 1. The Hall–Kier alpha value is -2.38. The van der Waals surface area contributed by atoms with Crippen LogP contribution in [0.15, 0.2) is 53.8 Å². The third-order valence-corrected chi connectivity index (χ3v) is 5.39. The van der Waals surface area contributed by atoms with E-state index < -0.39 is 0 Å². The summed E-state index contributed by atoms with van der Waals surface area (Å²) in [5.74, 6) is 2.08. The highest BCUT2D eigenvalue weighted by atomic mass is 35.5. The van der Waals surface area contributed by atoms with E-state index >= 15 is 0 Å². The molecule has 0 atom stereocenters. The normalized spacial score (nSPS) is 13.5. The number of benzene rings is 1. The molecule has 0 saturated heterocycles. The van der Waals surface area contributed by atoms with Gasteiger partial charge >= 0.3 is 0 Å². The Labute approximate surface area is 166 Å². The van der Waals surface area contributed by atoms with E-state index in [0.717, 1.165) is 23.8 Å². The molecule has 2 heterocycles. The van der Waals surface area contributed by atoms with Crippen molar-refractivity contribution in [2.75, 3.05) is 11.1 Å². The maximum Gasteiger partial charge on any atom is 0.236 e. The lowest BCUT2D eigenvalue weighted by molar-refractivity contribution is -0.113. The average molecular weight is 400 g/mol. The van der Waals surface area contributed by atoms with Gasteiger partial charge in [0.1, 0.15) is 11.6 Å². The SMILES string of the molecule is O=C(CSc1nnc(C2CC2)n1Cc1ccccc1)Nc1ccc(Cl)cn1. The molecule has 1 aromatic carbocycles. The number of thioether (sulfide) groups is 1. The van der Waals surface area contributed by atoms with Crippen molar-refractivity contribution in [1.29, 1.82) is 0 Å². The maximum atomic E-state index is 12.2. The minimum Gasteiger partial charge on any atom is -0.310 e. The number of nitrogens with one attached hydrogen (secondary N) is 1. The first-order valence-electron chi connectivity index (χ1n) is 8.70. The molecule has 138 valence electrons. The van der Waals surface area contributed by atoms with Gasteiger partial charge in [-0.05, 0) is 30.5 Å². The van der Waals surface area contributed by atoms with E-state index in [-0.39, 0.29) is 11.7 Å². The van der Waals surface area contributed by atoms with Crippen LogP contribution in [-0.4, -0.2) is 31.4 Å². The summed E-state index contributed by atoms with van der Waals surface area (Å²) in [7, 11) is 0. The quantitative estimate of drug-likeness (QED) is 0.608. The molecule has 2 aromatic heterocycles. The minimum absolute atomic E-state index is 0.142. The molecule has 0 aliphatic heterocycles. The zero-order valence-electron chi connectivity index (χ0n) is 14.5. The van der Waals surface area contributed by atoms with Crippen LogP contribution in [0.5, 0.6) is 0 Å². The fourth-order valence-corrected chi connectivity index (χ4v) is 3.58. The Kier molecular flexibility index (Phi) is 5.40. The molecule has 1 saturated carbocycles. The van der Waals surface area contributed by atoms with Gasteiger partial charge in [0.25, 0.3) is 0 Å². The Balaban J connectivity index is 1.43. The summed E-state index contributed by atoms with van der Waals surface area (Å²) in [5.41, 5.74) is 1.19. The average Bonchev–Trinajstić information content (AvgIpc) is 3.45. The molecule has 6 nitrogen and oxygen atoms in total. The van der Waals surface area contributed by atoms with Crippen LogP contribution in [0.1, 0.15) is 30.1 Å². The van der Waals surface area contributed by atoms with Crippen molar-refractivity contribution in [2.45, 2.75) is 30.5 Å². The Bertz CT molecular complexity index is 925. The van der Waals surface area contributed by atoms with Gasteiger partial charge in [-0.25, -0.2) is 4.98 Å². The zero-order valence-corrected chi connectivity index (χ0v) is 16.1. The predicted molar refractivity (Wildman–Crippen MR) is 106 cm³/mol. The minimum atomic E-state index is -0.142. The van der Waals surface area contributed by atoms with Crippen LogP contribution in [0, 0.1) is 0 Å². The van der Waals surface area contributed by atoms with Gasteiger partial charge in [-0.2, -0.15) is 0 Å². The predicted octanol–water partition coefficient (Wildman–Crippen LogP) is 3.98. The van der Waals surface area contributed by atoms with Crippen LogP contribution in [0.4, 0.5) is 5.82 Å². The number of pyridine rings is 1. The summed E-state index contributed by atoms with van der Waals surface area (Å²) in [6.45, 7) is 0.711. The van der Waals surface area contributed by atoms with E-state index in [1.165, 1.54) is 23.5 Å². The van der Waals surface area contributed by atoms with Gasteiger partial charge in [0, 0.05) is 12.1 Å². The lowest BCUT2D eigenvalue weighted by Crippen LogP contribution is -2.15. The molecule has 4 rings (SSSR count). The smallest absolute Gasteiger partial charge is 0.236 e. The summed E-state index contributed by atoms with van der Waals surface area (Å²) in [6.07, 6.45) is 3.81. The van der Waals surface area contributed by atoms with Crippen LogP contribution in [0.2, 0.25) is 5.02 Å². The Morgan fingerprint density at radius 3 is 2.70 bits per heavy atom. The van der Waals surface area contributed by atoms with Crippen molar-refractivity contribution < 1.29 is 4.79 Å². The van der Waals surface area contributed by atoms with E-state index in [1.54, 1.807) is 12.1 Å². The fourth-order valence-electron chi connectivity index (χ4n) is 2.72. The molecular weight excluding hydrogens is 382 g/mol. The highest BCUT2D eigenvalue weighted by Gasteiger charge is 2.30. The summed E-state index contributed by atoms with van der Waals surface area (Å²) in [6, 6.07) is 13.6. The maximum absolute atomic E-state index is 12.2. The van der Waals surface area contributed by atoms with E-state index in [2.05, 4.69) is 37.2 Å². The molecule has 1 amide bonds. The fraction of sp³-hybridized carbons (Fsp3) is 0.263.